The minimum Gasteiger partial charge on any atom is -0.268 e. The van der Waals surface area contributed by atoms with E-state index in [9.17, 15) is 14.0 Å². The number of anilines is 1. The van der Waals surface area contributed by atoms with E-state index in [2.05, 4.69) is 15.9 Å². The fourth-order valence-electron chi connectivity index (χ4n) is 2.02. The second-order valence-corrected chi connectivity index (χ2v) is 6.43. The molecule has 3 nitrogen and oxygen atoms in total. The molecule has 22 heavy (non-hydrogen) atoms. The van der Waals surface area contributed by atoms with Crippen LogP contribution in [0, 0.1) is 5.82 Å². The van der Waals surface area contributed by atoms with Crippen LogP contribution in [-0.4, -0.2) is 11.1 Å². The van der Waals surface area contributed by atoms with Gasteiger partial charge in [0, 0.05) is 4.47 Å². The van der Waals surface area contributed by atoms with Crippen LogP contribution < -0.4 is 4.90 Å². The lowest BCUT2D eigenvalue weighted by molar-refractivity contribution is -0.113. The summed E-state index contributed by atoms with van der Waals surface area (Å²) in [5.41, 5.74) is 0.770. The average Bonchev–Trinajstić information content (AvgIpc) is 2.77. The number of imide groups is 1. The number of carbonyl (C=O) groups excluding carboxylic acids is 2. The monoisotopic (exact) mass is 377 g/mol. The molecule has 0 aromatic heterocycles. The molecule has 110 valence electrons. The summed E-state index contributed by atoms with van der Waals surface area (Å²) in [6.45, 7) is 0. The summed E-state index contributed by atoms with van der Waals surface area (Å²) in [5.74, 6) is -1.11. The van der Waals surface area contributed by atoms with Crippen molar-refractivity contribution in [1.29, 1.82) is 0 Å². The number of hydrogen-bond acceptors (Lipinski definition) is 3. The van der Waals surface area contributed by atoms with Gasteiger partial charge in [0.15, 0.2) is 0 Å². The third-order valence-corrected chi connectivity index (χ3v) is 4.45. The van der Waals surface area contributed by atoms with Crippen molar-refractivity contribution in [3.63, 3.8) is 0 Å². The van der Waals surface area contributed by atoms with Crippen LogP contribution in [-0.2, 0) is 4.79 Å². The SMILES string of the molecule is O=C1S/C(=C\c2ccc(Br)cc2)C(=O)N1c1ccccc1F. The highest BCUT2D eigenvalue weighted by atomic mass is 79.9. The molecule has 2 aromatic carbocycles. The smallest absolute Gasteiger partial charge is 0.268 e. The Hall–Kier alpha value is -1.92. The topological polar surface area (TPSA) is 37.4 Å². The van der Waals surface area contributed by atoms with E-state index >= 15 is 0 Å². The lowest BCUT2D eigenvalue weighted by Crippen LogP contribution is -2.28. The van der Waals surface area contributed by atoms with E-state index in [-0.39, 0.29) is 10.6 Å². The molecule has 0 aliphatic carbocycles. The highest BCUT2D eigenvalue weighted by Crippen LogP contribution is 2.36. The zero-order valence-corrected chi connectivity index (χ0v) is 13.5. The Kier molecular flexibility index (Phi) is 4.13. The number of thioether (sulfide) groups is 1. The number of nitrogens with zero attached hydrogens (tertiary/aromatic N) is 1. The van der Waals surface area contributed by atoms with Gasteiger partial charge in [-0.2, -0.15) is 0 Å². The standard InChI is InChI=1S/C16H9BrFNO2S/c17-11-7-5-10(6-8-11)9-14-15(20)19(16(21)22-14)13-4-2-1-3-12(13)18/h1-9H/b14-9-. The molecule has 2 aromatic rings. The summed E-state index contributed by atoms with van der Waals surface area (Å²) in [4.78, 5) is 25.6. The molecule has 0 N–H and O–H groups in total. The Labute approximate surface area is 138 Å². The summed E-state index contributed by atoms with van der Waals surface area (Å²) in [6, 6.07) is 13.0. The highest BCUT2D eigenvalue weighted by molar-refractivity contribution is 9.10. The molecule has 6 heteroatoms. The summed E-state index contributed by atoms with van der Waals surface area (Å²) in [7, 11) is 0. The van der Waals surface area contributed by atoms with Gasteiger partial charge in [-0.25, -0.2) is 9.29 Å². The van der Waals surface area contributed by atoms with E-state index in [1.165, 1.54) is 18.2 Å². The summed E-state index contributed by atoms with van der Waals surface area (Å²) in [6.07, 6.45) is 1.62. The zero-order valence-electron chi connectivity index (χ0n) is 11.1. The number of para-hydroxylation sites is 1. The fourth-order valence-corrected chi connectivity index (χ4v) is 3.12. The third-order valence-electron chi connectivity index (χ3n) is 3.05. The number of carbonyl (C=O) groups is 2. The predicted octanol–water partition coefficient (Wildman–Crippen LogP) is 4.83. The largest absolute Gasteiger partial charge is 0.298 e. The molecular weight excluding hydrogens is 369 g/mol. The minimum absolute atomic E-state index is 0.0239. The Balaban J connectivity index is 1.95. The van der Waals surface area contributed by atoms with Gasteiger partial charge in [-0.1, -0.05) is 40.2 Å². The van der Waals surface area contributed by atoms with Gasteiger partial charge in [-0.15, -0.1) is 0 Å². The minimum atomic E-state index is -0.602. The van der Waals surface area contributed by atoms with Gasteiger partial charge in [0.1, 0.15) is 5.82 Å². The van der Waals surface area contributed by atoms with E-state index in [0.717, 1.165) is 26.7 Å². The maximum Gasteiger partial charge on any atom is 0.298 e. The Morgan fingerprint density at radius 3 is 2.41 bits per heavy atom. The van der Waals surface area contributed by atoms with Gasteiger partial charge >= 0.3 is 0 Å². The van der Waals surface area contributed by atoms with Gasteiger partial charge in [0.05, 0.1) is 10.6 Å². The molecule has 1 aliphatic heterocycles. The third kappa shape index (κ3) is 2.84. The summed E-state index contributed by atoms with van der Waals surface area (Å²) in [5, 5.41) is -0.501. The molecule has 0 atom stereocenters. The predicted molar refractivity (Wildman–Crippen MR) is 89.0 cm³/mol. The molecule has 0 saturated carbocycles. The summed E-state index contributed by atoms with van der Waals surface area (Å²) >= 11 is 4.14. The second kappa shape index (κ2) is 6.06. The molecule has 2 amide bonds. The van der Waals surface area contributed by atoms with Crippen molar-refractivity contribution in [3.05, 3.63) is 69.3 Å². The van der Waals surface area contributed by atoms with E-state index in [0.29, 0.717) is 0 Å². The van der Waals surface area contributed by atoms with Crippen LogP contribution in [0.15, 0.2) is 57.9 Å². The first-order valence-electron chi connectivity index (χ1n) is 6.34. The van der Waals surface area contributed by atoms with Crippen molar-refractivity contribution in [3.8, 4) is 0 Å². The number of benzene rings is 2. The van der Waals surface area contributed by atoms with E-state index in [4.69, 9.17) is 0 Å². The van der Waals surface area contributed by atoms with Crippen LogP contribution in [0.25, 0.3) is 6.08 Å². The van der Waals surface area contributed by atoms with Crippen LogP contribution in [0.5, 0.6) is 0 Å². The molecule has 1 saturated heterocycles. The average molecular weight is 378 g/mol. The number of rotatable bonds is 2. The molecule has 0 radical (unpaired) electrons. The number of halogens is 2. The molecule has 0 bridgehead atoms. The van der Waals surface area contributed by atoms with Crippen LogP contribution in [0.1, 0.15) is 5.56 Å². The van der Waals surface area contributed by atoms with Crippen LogP contribution in [0.4, 0.5) is 14.9 Å². The molecule has 1 heterocycles. The molecular formula is C16H9BrFNO2S. The summed E-state index contributed by atoms with van der Waals surface area (Å²) < 4.78 is 14.7. The maximum absolute atomic E-state index is 13.8. The molecule has 1 fully saturated rings. The molecule has 1 aliphatic rings. The van der Waals surface area contributed by atoms with Crippen molar-refractivity contribution in [1.82, 2.24) is 0 Å². The Morgan fingerprint density at radius 1 is 1.05 bits per heavy atom. The molecule has 3 rings (SSSR count). The quantitative estimate of drug-likeness (QED) is 0.703. The lowest BCUT2D eigenvalue weighted by Gasteiger charge is -2.12. The van der Waals surface area contributed by atoms with Crippen molar-refractivity contribution in [2.45, 2.75) is 0 Å². The van der Waals surface area contributed by atoms with Gasteiger partial charge in [0.2, 0.25) is 0 Å². The molecule has 0 unspecified atom stereocenters. The molecule has 0 spiro atoms. The maximum atomic E-state index is 13.8. The van der Waals surface area contributed by atoms with Crippen LogP contribution >= 0.6 is 27.7 Å². The van der Waals surface area contributed by atoms with Gasteiger partial charge in [0.25, 0.3) is 11.1 Å². The van der Waals surface area contributed by atoms with Gasteiger partial charge in [-0.05, 0) is 47.7 Å². The zero-order chi connectivity index (χ0) is 15.7. The Morgan fingerprint density at radius 2 is 1.73 bits per heavy atom. The first-order valence-corrected chi connectivity index (χ1v) is 7.95. The van der Waals surface area contributed by atoms with Crippen molar-refractivity contribution >= 4 is 50.6 Å². The number of hydrogen-bond donors (Lipinski definition) is 0. The van der Waals surface area contributed by atoms with Crippen molar-refractivity contribution in [2.24, 2.45) is 0 Å². The van der Waals surface area contributed by atoms with E-state index < -0.39 is 17.0 Å². The fraction of sp³-hybridized carbons (Fsp3) is 0. The van der Waals surface area contributed by atoms with Gasteiger partial charge in [-0.3, -0.25) is 9.59 Å². The first-order chi connectivity index (χ1) is 10.6. The highest BCUT2D eigenvalue weighted by Gasteiger charge is 2.37. The van der Waals surface area contributed by atoms with Crippen LogP contribution in [0.2, 0.25) is 0 Å². The van der Waals surface area contributed by atoms with Crippen molar-refractivity contribution < 1.29 is 14.0 Å². The van der Waals surface area contributed by atoms with E-state index in [1.54, 1.807) is 12.1 Å². The van der Waals surface area contributed by atoms with Crippen molar-refractivity contribution in [2.75, 3.05) is 4.90 Å². The number of amides is 2. The normalized spacial score (nSPS) is 16.6. The van der Waals surface area contributed by atoms with Crippen LogP contribution in [0.3, 0.4) is 0 Å². The van der Waals surface area contributed by atoms with Gasteiger partial charge < -0.3 is 0 Å². The Bertz CT molecular complexity index is 789. The second-order valence-electron chi connectivity index (χ2n) is 4.52. The first kappa shape index (κ1) is 15.0. The van der Waals surface area contributed by atoms with E-state index in [1.807, 2.05) is 24.3 Å². The lowest BCUT2D eigenvalue weighted by atomic mass is 10.2.